The van der Waals surface area contributed by atoms with Crippen molar-refractivity contribution in [3.8, 4) is 0 Å². The molecule has 1 aliphatic carbocycles. The van der Waals surface area contributed by atoms with Crippen LogP contribution in [-0.4, -0.2) is 43.6 Å². The van der Waals surface area contributed by atoms with Gasteiger partial charge in [0.25, 0.3) is 0 Å². The zero-order valence-corrected chi connectivity index (χ0v) is 17.2. The quantitative estimate of drug-likeness (QED) is 0.262. The van der Waals surface area contributed by atoms with Crippen molar-refractivity contribution in [2.45, 2.75) is 36.3 Å². The lowest BCUT2D eigenvalue weighted by Gasteiger charge is -2.15. The molecule has 2 N–H and O–H groups in total. The van der Waals surface area contributed by atoms with E-state index in [0.29, 0.717) is 11.4 Å². The van der Waals surface area contributed by atoms with Crippen LogP contribution < -0.4 is 10.6 Å². The molecular weight excluding hydrogens is 421 g/mol. The van der Waals surface area contributed by atoms with Crippen LogP contribution in [0.2, 0.25) is 0 Å². The summed E-state index contributed by atoms with van der Waals surface area (Å²) in [6, 6.07) is 10.6. The number of rotatable bonds is 9. The lowest BCUT2D eigenvalue weighted by molar-refractivity contribution is 0.152. The molecule has 0 unspecified atom stereocenters. The number of hydrogen-bond donors (Lipinski definition) is 2. The fourth-order valence-corrected chi connectivity index (χ4v) is 3.35. The van der Waals surface area contributed by atoms with Crippen LogP contribution in [0, 0.1) is 0 Å². The number of benzene rings is 1. The highest BCUT2D eigenvalue weighted by molar-refractivity contribution is 14.0. The summed E-state index contributed by atoms with van der Waals surface area (Å²) < 4.78 is 5.64. The van der Waals surface area contributed by atoms with Crippen LogP contribution in [0.1, 0.15) is 26.7 Å². The van der Waals surface area contributed by atoms with E-state index in [2.05, 4.69) is 47.9 Å². The van der Waals surface area contributed by atoms with E-state index in [1.807, 2.05) is 18.7 Å². The molecule has 1 aromatic carbocycles. The molecule has 1 aromatic rings. The molecule has 130 valence electrons. The zero-order chi connectivity index (χ0) is 15.7. The van der Waals surface area contributed by atoms with Gasteiger partial charge >= 0.3 is 0 Å². The van der Waals surface area contributed by atoms with E-state index in [9.17, 15) is 0 Å². The number of ether oxygens (including phenoxy) is 1. The van der Waals surface area contributed by atoms with Crippen LogP contribution in [0.4, 0.5) is 0 Å². The Labute approximate surface area is 161 Å². The van der Waals surface area contributed by atoms with Crippen molar-refractivity contribution in [1.82, 2.24) is 10.6 Å². The standard InChI is InChI=1S/C17H27N3OS.HI/c1-3-18-16(19-12-13-21-4-2)20-14-17(10-11-17)22-15-8-6-5-7-9-15;/h5-9H,3-4,10-14H2,1-2H3,(H2,18,19,20);1H. The predicted molar refractivity (Wildman–Crippen MR) is 110 cm³/mol. The van der Waals surface area contributed by atoms with Gasteiger partial charge in [-0.25, -0.2) is 0 Å². The first-order valence-electron chi connectivity index (χ1n) is 8.12. The van der Waals surface area contributed by atoms with E-state index in [1.165, 1.54) is 17.7 Å². The van der Waals surface area contributed by atoms with Crippen LogP contribution >= 0.6 is 35.7 Å². The summed E-state index contributed by atoms with van der Waals surface area (Å²) in [7, 11) is 0. The minimum absolute atomic E-state index is 0. The van der Waals surface area contributed by atoms with Crippen LogP contribution in [0.25, 0.3) is 0 Å². The predicted octanol–water partition coefficient (Wildman–Crippen LogP) is 3.52. The molecule has 0 radical (unpaired) electrons. The van der Waals surface area contributed by atoms with E-state index >= 15 is 0 Å². The molecule has 2 rings (SSSR count). The van der Waals surface area contributed by atoms with Crippen molar-refractivity contribution < 1.29 is 4.74 Å². The average Bonchev–Trinajstić information content (AvgIpc) is 3.30. The molecule has 0 aromatic heterocycles. The summed E-state index contributed by atoms with van der Waals surface area (Å²) in [6.07, 6.45) is 2.49. The van der Waals surface area contributed by atoms with Gasteiger partial charge in [0.05, 0.1) is 13.2 Å². The summed E-state index contributed by atoms with van der Waals surface area (Å²) in [6.45, 7) is 8.09. The first-order valence-corrected chi connectivity index (χ1v) is 8.93. The summed E-state index contributed by atoms with van der Waals surface area (Å²) in [5.74, 6) is 0.891. The number of thioether (sulfide) groups is 1. The van der Waals surface area contributed by atoms with Gasteiger partial charge < -0.3 is 15.4 Å². The van der Waals surface area contributed by atoms with Gasteiger partial charge in [-0.15, -0.1) is 35.7 Å². The highest BCUT2D eigenvalue weighted by atomic mass is 127. The van der Waals surface area contributed by atoms with Gasteiger partial charge in [-0.3, -0.25) is 4.99 Å². The maximum atomic E-state index is 5.35. The highest BCUT2D eigenvalue weighted by Gasteiger charge is 2.43. The van der Waals surface area contributed by atoms with E-state index < -0.39 is 0 Å². The van der Waals surface area contributed by atoms with E-state index in [1.54, 1.807) is 0 Å². The maximum absolute atomic E-state index is 5.35. The Morgan fingerprint density at radius 1 is 1.22 bits per heavy atom. The van der Waals surface area contributed by atoms with Crippen molar-refractivity contribution in [2.24, 2.45) is 4.99 Å². The minimum Gasteiger partial charge on any atom is -0.380 e. The molecule has 1 saturated carbocycles. The van der Waals surface area contributed by atoms with Gasteiger partial charge in [0.2, 0.25) is 0 Å². The van der Waals surface area contributed by atoms with E-state index in [0.717, 1.165) is 32.2 Å². The summed E-state index contributed by atoms with van der Waals surface area (Å²) in [4.78, 5) is 6.10. The van der Waals surface area contributed by atoms with Crippen molar-refractivity contribution in [1.29, 1.82) is 0 Å². The summed E-state index contributed by atoms with van der Waals surface area (Å²) in [5.41, 5.74) is 0. The molecule has 6 heteroatoms. The SMILES string of the molecule is CCNC(=NCC1(Sc2ccccc2)CC1)NCCOCC.I. The maximum Gasteiger partial charge on any atom is 0.191 e. The third-order valence-electron chi connectivity index (χ3n) is 3.50. The Morgan fingerprint density at radius 3 is 2.57 bits per heavy atom. The Hall–Kier alpha value is -0.470. The normalized spacial score (nSPS) is 15.7. The fourth-order valence-electron chi connectivity index (χ4n) is 2.12. The Bertz CT molecular complexity index is 466. The van der Waals surface area contributed by atoms with Crippen molar-refractivity contribution in [3.05, 3.63) is 30.3 Å². The molecule has 0 heterocycles. The molecule has 0 amide bonds. The lowest BCUT2D eigenvalue weighted by Crippen LogP contribution is -2.39. The molecule has 0 aliphatic heterocycles. The van der Waals surface area contributed by atoms with Crippen molar-refractivity contribution >= 4 is 41.7 Å². The third kappa shape index (κ3) is 7.76. The highest BCUT2D eigenvalue weighted by Crippen LogP contribution is 2.51. The molecule has 0 spiro atoms. The first-order chi connectivity index (χ1) is 10.8. The zero-order valence-electron chi connectivity index (χ0n) is 14.0. The lowest BCUT2D eigenvalue weighted by atomic mass is 10.4. The Morgan fingerprint density at radius 2 is 1.96 bits per heavy atom. The average molecular weight is 449 g/mol. The third-order valence-corrected chi connectivity index (χ3v) is 4.98. The molecule has 0 bridgehead atoms. The van der Waals surface area contributed by atoms with Crippen LogP contribution in [-0.2, 0) is 4.74 Å². The molecule has 1 aliphatic rings. The molecule has 1 fully saturated rings. The molecule has 4 nitrogen and oxygen atoms in total. The summed E-state index contributed by atoms with van der Waals surface area (Å²) >= 11 is 1.96. The summed E-state index contributed by atoms with van der Waals surface area (Å²) in [5, 5.41) is 6.62. The Balaban J connectivity index is 0.00000264. The van der Waals surface area contributed by atoms with E-state index in [4.69, 9.17) is 9.73 Å². The number of aliphatic imine (C=N–C) groups is 1. The second kappa shape index (κ2) is 11.1. The fraction of sp³-hybridized carbons (Fsp3) is 0.588. The van der Waals surface area contributed by atoms with Crippen molar-refractivity contribution in [2.75, 3.05) is 32.8 Å². The number of nitrogens with zero attached hydrogens (tertiary/aromatic N) is 1. The number of nitrogens with one attached hydrogen (secondary N) is 2. The second-order valence-electron chi connectivity index (χ2n) is 5.42. The smallest absolute Gasteiger partial charge is 0.191 e. The van der Waals surface area contributed by atoms with Crippen LogP contribution in [0.5, 0.6) is 0 Å². The molecular formula is C17H28IN3OS. The number of guanidine groups is 1. The van der Waals surface area contributed by atoms with Gasteiger partial charge in [-0.2, -0.15) is 0 Å². The Kier molecular flexibility index (Phi) is 9.97. The number of hydrogen-bond acceptors (Lipinski definition) is 3. The van der Waals surface area contributed by atoms with Gasteiger partial charge in [-0.1, -0.05) is 18.2 Å². The topological polar surface area (TPSA) is 45.7 Å². The molecule has 23 heavy (non-hydrogen) atoms. The molecule has 0 saturated heterocycles. The van der Waals surface area contributed by atoms with Gasteiger partial charge in [-0.05, 0) is 38.8 Å². The van der Waals surface area contributed by atoms with E-state index in [-0.39, 0.29) is 24.0 Å². The van der Waals surface area contributed by atoms with Gasteiger partial charge in [0.15, 0.2) is 5.96 Å². The van der Waals surface area contributed by atoms with Gasteiger partial charge in [0, 0.05) is 29.3 Å². The second-order valence-corrected chi connectivity index (χ2v) is 6.96. The first kappa shape index (κ1) is 20.6. The van der Waals surface area contributed by atoms with Crippen LogP contribution in [0.15, 0.2) is 40.2 Å². The largest absolute Gasteiger partial charge is 0.380 e. The monoisotopic (exact) mass is 449 g/mol. The number of halogens is 1. The van der Waals surface area contributed by atoms with Crippen LogP contribution in [0.3, 0.4) is 0 Å². The van der Waals surface area contributed by atoms with Gasteiger partial charge in [0.1, 0.15) is 0 Å². The minimum atomic E-state index is 0. The van der Waals surface area contributed by atoms with Crippen molar-refractivity contribution in [3.63, 3.8) is 0 Å². The molecule has 0 atom stereocenters.